The first-order valence-electron chi connectivity index (χ1n) is 19.4. The maximum atomic E-state index is 12.7. The van der Waals surface area contributed by atoms with Gasteiger partial charge in [0.2, 0.25) is 5.91 Å². The lowest BCUT2D eigenvalue weighted by atomic mass is 10.1. The van der Waals surface area contributed by atoms with Gasteiger partial charge in [-0.05, 0) is 64.2 Å². The summed E-state index contributed by atoms with van der Waals surface area (Å²) in [4.78, 5) is 22.6. The standard InChI is InChI=1S/C40H73N2O6P/c1-3-5-7-9-11-13-15-17-18-19-20-22-24-26-28-30-32-34-40(44)42-38(37-48-49(45,46)47-36-35-41)39(43)33-31-29-27-25-23-21-16-14-12-10-8-6-4-2/h5,7,11,13,17-18,23,25,31,33,38-39,43H,3-4,6,8-10,12,14-16,19-22,24,26-30,32,34-37,41H2,1-2H3,(H,42,44)(H,45,46)/b7-5-,13-11-,18-17-,25-23+,33-31+. The van der Waals surface area contributed by atoms with Gasteiger partial charge in [0.15, 0.2) is 0 Å². The third-order valence-corrected chi connectivity index (χ3v) is 9.06. The summed E-state index contributed by atoms with van der Waals surface area (Å²) < 4.78 is 22.0. The number of hydrogen-bond donors (Lipinski definition) is 4. The minimum Gasteiger partial charge on any atom is -0.387 e. The number of allylic oxidation sites excluding steroid dienone is 9. The average Bonchev–Trinajstić information content (AvgIpc) is 3.09. The SMILES string of the molecule is CC/C=C\C/C=C\C/C=C\CCCCCCCCCC(=O)NC(COP(=O)(O)OCCN)C(O)/C=C/CC/C=C/CCCCCCCCC. The van der Waals surface area contributed by atoms with E-state index in [0.29, 0.717) is 6.42 Å². The molecule has 0 fully saturated rings. The highest BCUT2D eigenvalue weighted by atomic mass is 31.2. The molecule has 0 saturated heterocycles. The Labute approximate surface area is 300 Å². The lowest BCUT2D eigenvalue weighted by Crippen LogP contribution is -2.45. The quantitative estimate of drug-likeness (QED) is 0.0293. The summed E-state index contributed by atoms with van der Waals surface area (Å²) >= 11 is 0. The zero-order valence-corrected chi connectivity index (χ0v) is 32.1. The van der Waals surface area contributed by atoms with Gasteiger partial charge in [-0.25, -0.2) is 4.57 Å². The van der Waals surface area contributed by atoms with Crippen LogP contribution >= 0.6 is 7.82 Å². The number of aliphatic hydroxyl groups excluding tert-OH is 1. The van der Waals surface area contributed by atoms with Crippen LogP contribution in [-0.4, -0.2) is 47.8 Å². The van der Waals surface area contributed by atoms with Crippen molar-refractivity contribution in [1.82, 2.24) is 5.32 Å². The van der Waals surface area contributed by atoms with E-state index in [1.54, 1.807) is 6.08 Å². The molecular weight excluding hydrogens is 635 g/mol. The monoisotopic (exact) mass is 709 g/mol. The Morgan fingerprint density at radius 2 is 1.20 bits per heavy atom. The molecule has 3 unspecified atom stereocenters. The third kappa shape index (κ3) is 34.4. The number of nitrogens with two attached hydrogens (primary N) is 1. The van der Waals surface area contributed by atoms with Crippen molar-refractivity contribution in [2.75, 3.05) is 19.8 Å². The lowest BCUT2D eigenvalue weighted by molar-refractivity contribution is -0.123. The molecule has 9 heteroatoms. The van der Waals surface area contributed by atoms with Crippen molar-refractivity contribution in [2.45, 2.75) is 167 Å². The normalized spacial score (nSPS) is 15.0. The number of rotatable bonds is 35. The van der Waals surface area contributed by atoms with Crippen LogP contribution < -0.4 is 11.1 Å². The molecule has 0 radical (unpaired) electrons. The van der Waals surface area contributed by atoms with E-state index in [-0.39, 0.29) is 25.7 Å². The fourth-order valence-corrected chi connectivity index (χ4v) is 5.92. The molecular formula is C40H73N2O6P. The van der Waals surface area contributed by atoms with Crippen LogP contribution in [0.25, 0.3) is 0 Å². The molecule has 0 rings (SSSR count). The largest absolute Gasteiger partial charge is 0.472 e. The predicted molar refractivity (Wildman–Crippen MR) is 207 cm³/mol. The topological polar surface area (TPSA) is 131 Å². The van der Waals surface area contributed by atoms with Crippen LogP contribution in [0.2, 0.25) is 0 Å². The molecule has 3 atom stereocenters. The van der Waals surface area contributed by atoms with Gasteiger partial charge in [-0.1, -0.05) is 145 Å². The first kappa shape index (κ1) is 47.2. The van der Waals surface area contributed by atoms with Crippen LogP contribution in [0.5, 0.6) is 0 Å². The summed E-state index contributed by atoms with van der Waals surface area (Å²) in [6.07, 6.45) is 44.1. The van der Waals surface area contributed by atoms with Gasteiger partial charge in [0.05, 0.1) is 25.4 Å². The molecule has 0 bridgehead atoms. The Morgan fingerprint density at radius 1 is 0.694 bits per heavy atom. The first-order chi connectivity index (χ1) is 23.9. The van der Waals surface area contributed by atoms with Gasteiger partial charge >= 0.3 is 7.82 Å². The van der Waals surface area contributed by atoms with Crippen molar-refractivity contribution < 1.29 is 28.4 Å². The van der Waals surface area contributed by atoms with Crippen LogP contribution in [-0.2, 0) is 18.4 Å². The minimum absolute atomic E-state index is 0.0695. The number of carbonyl (C=O) groups is 1. The highest BCUT2D eigenvalue weighted by molar-refractivity contribution is 7.47. The second kappa shape index (κ2) is 36.0. The van der Waals surface area contributed by atoms with Gasteiger partial charge in [-0.3, -0.25) is 13.8 Å². The molecule has 1 amide bonds. The average molecular weight is 709 g/mol. The fourth-order valence-electron chi connectivity index (χ4n) is 5.16. The minimum atomic E-state index is -4.35. The molecule has 0 aliphatic rings. The number of carbonyl (C=O) groups excluding carboxylic acids is 1. The number of aliphatic hydroxyl groups is 1. The van der Waals surface area contributed by atoms with Crippen molar-refractivity contribution in [2.24, 2.45) is 5.73 Å². The number of phosphoric ester groups is 1. The van der Waals surface area contributed by atoms with Crippen LogP contribution in [0.4, 0.5) is 0 Å². The Hall–Kier alpha value is -1.80. The molecule has 49 heavy (non-hydrogen) atoms. The lowest BCUT2D eigenvalue weighted by Gasteiger charge is -2.23. The van der Waals surface area contributed by atoms with E-state index in [4.69, 9.17) is 14.8 Å². The van der Waals surface area contributed by atoms with E-state index in [1.165, 1.54) is 64.2 Å². The van der Waals surface area contributed by atoms with E-state index in [9.17, 15) is 19.4 Å². The molecule has 0 aromatic heterocycles. The highest BCUT2D eigenvalue weighted by Crippen LogP contribution is 2.43. The molecule has 0 aliphatic heterocycles. The third-order valence-electron chi connectivity index (χ3n) is 8.08. The summed E-state index contributed by atoms with van der Waals surface area (Å²) in [5.74, 6) is -0.218. The van der Waals surface area contributed by atoms with E-state index in [2.05, 4.69) is 67.8 Å². The van der Waals surface area contributed by atoms with Gasteiger partial charge < -0.3 is 21.1 Å². The van der Waals surface area contributed by atoms with Gasteiger partial charge in [0.25, 0.3) is 0 Å². The van der Waals surface area contributed by atoms with Crippen LogP contribution in [0.3, 0.4) is 0 Å². The molecule has 0 spiro atoms. The number of nitrogens with one attached hydrogen (secondary N) is 1. The zero-order chi connectivity index (χ0) is 36.1. The van der Waals surface area contributed by atoms with E-state index < -0.39 is 20.0 Å². The van der Waals surface area contributed by atoms with E-state index in [1.807, 2.05) is 6.08 Å². The second-order valence-electron chi connectivity index (χ2n) is 12.7. The van der Waals surface area contributed by atoms with E-state index in [0.717, 1.165) is 70.6 Å². The summed E-state index contributed by atoms with van der Waals surface area (Å²) in [7, 11) is -4.35. The van der Waals surface area contributed by atoms with Crippen molar-refractivity contribution in [1.29, 1.82) is 0 Å². The first-order valence-corrected chi connectivity index (χ1v) is 20.9. The number of unbranched alkanes of at least 4 members (excludes halogenated alkanes) is 15. The highest BCUT2D eigenvalue weighted by Gasteiger charge is 2.26. The number of amides is 1. The maximum Gasteiger partial charge on any atom is 0.472 e. The second-order valence-corrected chi connectivity index (χ2v) is 14.2. The molecule has 0 aromatic carbocycles. The molecule has 0 aromatic rings. The predicted octanol–water partition coefficient (Wildman–Crippen LogP) is 10.3. The van der Waals surface area contributed by atoms with Gasteiger partial charge in [0.1, 0.15) is 0 Å². The number of hydrogen-bond acceptors (Lipinski definition) is 6. The molecule has 284 valence electrons. The van der Waals surface area contributed by atoms with Gasteiger partial charge in [-0.2, -0.15) is 0 Å². The smallest absolute Gasteiger partial charge is 0.387 e. The summed E-state index contributed by atoms with van der Waals surface area (Å²) in [6, 6.07) is -0.883. The van der Waals surface area contributed by atoms with Gasteiger partial charge in [-0.15, -0.1) is 0 Å². The van der Waals surface area contributed by atoms with Crippen LogP contribution in [0, 0.1) is 0 Å². The number of phosphoric acid groups is 1. The van der Waals surface area contributed by atoms with Crippen LogP contribution in [0.15, 0.2) is 60.8 Å². The summed E-state index contributed by atoms with van der Waals surface area (Å²) in [5, 5.41) is 13.6. The van der Waals surface area contributed by atoms with Gasteiger partial charge in [0, 0.05) is 13.0 Å². The van der Waals surface area contributed by atoms with Crippen molar-refractivity contribution in [3.05, 3.63) is 60.8 Å². The van der Waals surface area contributed by atoms with Crippen LogP contribution in [0.1, 0.15) is 155 Å². The van der Waals surface area contributed by atoms with Crippen molar-refractivity contribution >= 4 is 13.7 Å². The Morgan fingerprint density at radius 3 is 1.82 bits per heavy atom. The molecule has 0 aliphatic carbocycles. The summed E-state index contributed by atoms with van der Waals surface area (Å²) in [5.41, 5.74) is 5.35. The maximum absolute atomic E-state index is 12.7. The molecule has 5 N–H and O–H groups in total. The Kier molecular flexibility index (Phi) is 34.7. The van der Waals surface area contributed by atoms with Crippen molar-refractivity contribution in [3.8, 4) is 0 Å². The Balaban J connectivity index is 4.35. The Bertz CT molecular complexity index is 949. The fraction of sp³-hybridized carbons (Fsp3) is 0.725. The molecule has 0 heterocycles. The zero-order valence-electron chi connectivity index (χ0n) is 31.2. The van der Waals surface area contributed by atoms with Crippen molar-refractivity contribution in [3.63, 3.8) is 0 Å². The molecule has 0 saturated carbocycles. The summed E-state index contributed by atoms with van der Waals surface area (Å²) in [6.45, 7) is 3.96. The van der Waals surface area contributed by atoms with E-state index >= 15 is 0 Å². The molecule has 8 nitrogen and oxygen atoms in total.